The van der Waals surface area contributed by atoms with Crippen molar-refractivity contribution < 1.29 is 14.6 Å². The number of benzene rings is 1. The van der Waals surface area contributed by atoms with Gasteiger partial charge < -0.3 is 15.2 Å². The van der Waals surface area contributed by atoms with Gasteiger partial charge in [0.2, 0.25) is 0 Å². The van der Waals surface area contributed by atoms with Gasteiger partial charge >= 0.3 is 6.09 Å². The molecule has 0 heterocycles. The summed E-state index contributed by atoms with van der Waals surface area (Å²) in [5, 5.41) is 11.4. The summed E-state index contributed by atoms with van der Waals surface area (Å²) in [6.07, 6.45) is 1.73. The number of rotatable bonds is 5. The molecule has 0 saturated carbocycles. The van der Waals surface area contributed by atoms with Crippen LogP contribution in [0.15, 0.2) is 24.3 Å². The van der Waals surface area contributed by atoms with Crippen molar-refractivity contribution in [1.82, 2.24) is 5.32 Å². The Labute approximate surface area is 132 Å². The average Bonchev–Trinajstić information content (AvgIpc) is 2.42. The zero-order valence-electron chi connectivity index (χ0n) is 13.6. The second kappa shape index (κ2) is 9.11. The molecule has 0 aliphatic carbocycles. The van der Waals surface area contributed by atoms with Crippen molar-refractivity contribution >= 4 is 6.09 Å². The second-order valence-corrected chi connectivity index (χ2v) is 6.01. The maximum absolute atomic E-state index is 11.5. The lowest BCUT2D eigenvalue weighted by molar-refractivity contribution is 0.0528. The highest BCUT2D eigenvalue weighted by atomic mass is 16.6. The summed E-state index contributed by atoms with van der Waals surface area (Å²) >= 11 is 0. The van der Waals surface area contributed by atoms with E-state index in [-0.39, 0.29) is 6.61 Å². The molecule has 0 atom stereocenters. The molecular formula is C18H25NO3. The van der Waals surface area contributed by atoms with Crippen LogP contribution in [0.2, 0.25) is 0 Å². The molecule has 0 bridgehead atoms. The number of ether oxygens (including phenoxy) is 1. The minimum atomic E-state index is -0.478. The maximum Gasteiger partial charge on any atom is 0.407 e. The summed E-state index contributed by atoms with van der Waals surface area (Å²) in [6.45, 7) is 6.21. The normalized spacial score (nSPS) is 10.5. The van der Waals surface area contributed by atoms with Crippen LogP contribution in [0.3, 0.4) is 0 Å². The molecule has 1 rings (SSSR count). The van der Waals surface area contributed by atoms with Crippen molar-refractivity contribution in [3.8, 4) is 11.8 Å². The van der Waals surface area contributed by atoms with Crippen LogP contribution >= 0.6 is 0 Å². The standard InChI is InChI=1S/C18H25NO3/c1-18(2,3)22-17(21)19-12-11-16-10-7-9-15(14-16)8-5-4-6-13-20/h7,9-10,14,20H,4,6,11-13H2,1-3H3,(H,19,21). The lowest BCUT2D eigenvalue weighted by Crippen LogP contribution is -2.33. The van der Waals surface area contributed by atoms with Crippen molar-refractivity contribution in [3.05, 3.63) is 35.4 Å². The number of carbonyl (C=O) groups excluding carboxylic acids is 1. The zero-order valence-corrected chi connectivity index (χ0v) is 13.6. The summed E-state index contributed by atoms with van der Waals surface area (Å²) in [5.41, 5.74) is 1.59. The molecular weight excluding hydrogens is 278 g/mol. The minimum absolute atomic E-state index is 0.172. The predicted octanol–water partition coefficient (Wildman–Crippen LogP) is 2.88. The molecule has 0 radical (unpaired) electrons. The number of aliphatic hydroxyl groups excluding tert-OH is 1. The Kier molecular flexibility index (Phi) is 7.48. The monoisotopic (exact) mass is 303 g/mol. The molecule has 0 aliphatic heterocycles. The van der Waals surface area contributed by atoms with E-state index in [9.17, 15) is 4.79 Å². The fraction of sp³-hybridized carbons (Fsp3) is 0.500. The molecule has 0 aliphatic rings. The zero-order chi connectivity index (χ0) is 16.4. The van der Waals surface area contributed by atoms with Crippen LogP contribution in [0.5, 0.6) is 0 Å². The van der Waals surface area contributed by atoms with Crippen molar-refractivity contribution in [2.24, 2.45) is 0 Å². The van der Waals surface area contributed by atoms with Gasteiger partial charge in [0.15, 0.2) is 0 Å². The molecule has 22 heavy (non-hydrogen) atoms. The number of aliphatic hydroxyl groups is 1. The third kappa shape index (κ3) is 8.33. The number of carbonyl (C=O) groups is 1. The summed E-state index contributed by atoms with van der Waals surface area (Å²) < 4.78 is 5.18. The Bertz CT molecular complexity index is 535. The van der Waals surface area contributed by atoms with Crippen LogP contribution in [-0.4, -0.2) is 30.0 Å². The number of amides is 1. The van der Waals surface area contributed by atoms with E-state index < -0.39 is 11.7 Å². The Morgan fingerprint density at radius 1 is 1.36 bits per heavy atom. The molecule has 0 fully saturated rings. The van der Waals surface area contributed by atoms with Gasteiger partial charge in [-0.05, 0) is 51.3 Å². The maximum atomic E-state index is 11.5. The summed E-state index contributed by atoms with van der Waals surface area (Å²) in [7, 11) is 0. The van der Waals surface area contributed by atoms with Gasteiger partial charge in [-0.15, -0.1) is 0 Å². The van der Waals surface area contributed by atoms with Gasteiger partial charge in [0, 0.05) is 25.1 Å². The van der Waals surface area contributed by atoms with Crippen LogP contribution in [0.4, 0.5) is 4.79 Å². The van der Waals surface area contributed by atoms with Gasteiger partial charge in [0.05, 0.1) is 0 Å². The first kappa shape index (κ1) is 18.1. The number of hydrogen-bond acceptors (Lipinski definition) is 3. The summed E-state index contributed by atoms with van der Waals surface area (Å²) in [6, 6.07) is 7.94. The summed E-state index contributed by atoms with van der Waals surface area (Å²) in [5.74, 6) is 6.11. The third-order valence-electron chi connectivity index (χ3n) is 2.70. The van der Waals surface area contributed by atoms with E-state index in [4.69, 9.17) is 9.84 Å². The Morgan fingerprint density at radius 3 is 2.82 bits per heavy atom. The minimum Gasteiger partial charge on any atom is -0.444 e. The molecule has 0 aromatic heterocycles. The Hall–Kier alpha value is -1.99. The molecule has 1 aromatic carbocycles. The molecule has 0 unspecified atom stereocenters. The number of nitrogens with one attached hydrogen (secondary N) is 1. The van der Waals surface area contributed by atoms with E-state index in [0.717, 1.165) is 17.5 Å². The van der Waals surface area contributed by atoms with Gasteiger partial charge in [-0.2, -0.15) is 0 Å². The second-order valence-electron chi connectivity index (χ2n) is 6.01. The van der Waals surface area contributed by atoms with Crippen molar-refractivity contribution in [1.29, 1.82) is 0 Å². The lowest BCUT2D eigenvalue weighted by Gasteiger charge is -2.19. The topological polar surface area (TPSA) is 58.6 Å². The Balaban J connectivity index is 2.43. The van der Waals surface area contributed by atoms with Crippen molar-refractivity contribution in [2.45, 2.75) is 45.6 Å². The molecule has 4 nitrogen and oxygen atoms in total. The molecule has 0 spiro atoms. The predicted molar refractivity (Wildman–Crippen MR) is 87.6 cm³/mol. The van der Waals surface area contributed by atoms with Gasteiger partial charge in [0.25, 0.3) is 0 Å². The van der Waals surface area contributed by atoms with Gasteiger partial charge in [0.1, 0.15) is 5.60 Å². The molecule has 2 N–H and O–H groups in total. The van der Waals surface area contributed by atoms with E-state index in [1.54, 1.807) is 0 Å². The van der Waals surface area contributed by atoms with E-state index in [1.807, 2.05) is 45.0 Å². The first-order valence-electron chi connectivity index (χ1n) is 7.56. The fourth-order valence-corrected chi connectivity index (χ4v) is 1.76. The fourth-order valence-electron chi connectivity index (χ4n) is 1.76. The molecule has 120 valence electrons. The molecule has 1 aromatic rings. The van der Waals surface area contributed by atoms with Crippen LogP contribution < -0.4 is 5.32 Å². The van der Waals surface area contributed by atoms with Gasteiger partial charge in [-0.25, -0.2) is 4.79 Å². The van der Waals surface area contributed by atoms with Crippen LogP contribution in [0, 0.1) is 11.8 Å². The van der Waals surface area contributed by atoms with E-state index in [0.29, 0.717) is 19.4 Å². The van der Waals surface area contributed by atoms with Crippen LogP contribution in [0.1, 0.15) is 44.7 Å². The van der Waals surface area contributed by atoms with Crippen molar-refractivity contribution in [2.75, 3.05) is 13.2 Å². The van der Waals surface area contributed by atoms with Gasteiger partial charge in [-0.1, -0.05) is 24.0 Å². The highest BCUT2D eigenvalue weighted by molar-refractivity contribution is 5.67. The first-order chi connectivity index (χ1) is 10.4. The van der Waals surface area contributed by atoms with E-state index in [1.165, 1.54) is 0 Å². The van der Waals surface area contributed by atoms with Gasteiger partial charge in [-0.3, -0.25) is 0 Å². The Morgan fingerprint density at radius 2 is 2.14 bits per heavy atom. The third-order valence-corrected chi connectivity index (χ3v) is 2.70. The summed E-state index contributed by atoms with van der Waals surface area (Å²) in [4.78, 5) is 11.5. The van der Waals surface area contributed by atoms with E-state index in [2.05, 4.69) is 17.2 Å². The van der Waals surface area contributed by atoms with Crippen molar-refractivity contribution in [3.63, 3.8) is 0 Å². The SMILES string of the molecule is CC(C)(C)OC(=O)NCCc1cccc(C#CCCCO)c1. The molecule has 1 amide bonds. The quantitative estimate of drug-likeness (QED) is 0.649. The number of unbranched alkanes of at least 4 members (excludes halogenated alkanes) is 1. The first-order valence-corrected chi connectivity index (χ1v) is 7.56. The lowest BCUT2D eigenvalue weighted by atomic mass is 10.1. The number of alkyl carbamates (subject to hydrolysis) is 1. The average molecular weight is 303 g/mol. The van der Waals surface area contributed by atoms with Crippen LogP contribution in [-0.2, 0) is 11.2 Å². The van der Waals surface area contributed by atoms with Crippen LogP contribution in [0.25, 0.3) is 0 Å². The van der Waals surface area contributed by atoms with E-state index >= 15 is 0 Å². The smallest absolute Gasteiger partial charge is 0.407 e. The highest BCUT2D eigenvalue weighted by Gasteiger charge is 2.15. The molecule has 4 heteroatoms. The highest BCUT2D eigenvalue weighted by Crippen LogP contribution is 2.07. The largest absolute Gasteiger partial charge is 0.444 e. The number of hydrogen-bond donors (Lipinski definition) is 2. The molecule has 0 saturated heterocycles.